The number of nitrogens with zero attached hydrogens (tertiary/aromatic N) is 3. The lowest BCUT2D eigenvalue weighted by Gasteiger charge is -2.09. The summed E-state index contributed by atoms with van der Waals surface area (Å²) in [5.74, 6) is 0.933. The highest BCUT2D eigenvalue weighted by atomic mass is 32.2. The van der Waals surface area contributed by atoms with Crippen molar-refractivity contribution in [3.63, 3.8) is 0 Å². The lowest BCUT2D eigenvalue weighted by Crippen LogP contribution is -2.15. The summed E-state index contributed by atoms with van der Waals surface area (Å²) in [6, 6.07) is 7.86. The number of nitrogens with one attached hydrogen (secondary N) is 1. The zero-order valence-corrected chi connectivity index (χ0v) is 16.2. The minimum absolute atomic E-state index is 0.100. The van der Waals surface area contributed by atoms with E-state index in [1.54, 1.807) is 0 Å². The first-order chi connectivity index (χ1) is 12.4. The molecule has 0 bridgehead atoms. The number of primary amides is 1. The maximum absolute atomic E-state index is 12.2. The van der Waals surface area contributed by atoms with Gasteiger partial charge in [-0.1, -0.05) is 37.7 Å². The predicted octanol–water partition coefficient (Wildman–Crippen LogP) is 2.57. The van der Waals surface area contributed by atoms with Gasteiger partial charge >= 0.3 is 0 Å². The van der Waals surface area contributed by atoms with E-state index < -0.39 is 0 Å². The Balaban J connectivity index is 1.91. The largest absolute Gasteiger partial charge is 0.370 e. The molecule has 2 rings (SSSR count). The minimum atomic E-state index is -0.368. The fourth-order valence-electron chi connectivity index (χ4n) is 2.44. The molecule has 0 aliphatic rings. The number of carbonyl (C=O) groups excluding carboxylic acids is 2. The van der Waals surface area contributed by atoms with Crippen molar-refractivity contribution in [1.29, 1.82) is 0 Å². The van der Waals surface area contributed by atoms with E-state index in [1.807, 2.05) is 35.8 Å². The van der Waals surface area contributed by atoms with Crippen molar-refractivity contribution >= 4 is 29.3 Å². The normalized spacial score (nSPS) is 10.9. The lowest BCUT2D eigenvalue weighted by atomic mass is 10.0. The number of nitrogens with two attached hydrogens (primary N) is 1. The van der Waals surface area contributed by atoms with Gasteiger partial charge in [0.05, 0.1) is 5.75 Å². The standard InChI is InChI=1S/C18H25N5O2S/c1-4-23-16(10-9-15(19)24)21-22-18(23)26-11-17(25)20-14-7-5-13(6-8-14)12(2)3/h5-8,12H,4,9-11H2,1-3H3,(H2,19,24)(H,20,25). The van der Waals surface area contributed by atoms with Crippen molar-refractivity contribution in [2.45, 2.75) is 51.2 Å². The molecule has 7 nitrogen and oxygen atoms in total. The van der Waals surface area contributed by atoms with E-state index >= 15 is 0 Å². The topological polar surface area (TPSA) is 103 Å². The van der Waals surface area contributed by atoms with Crippen LogP contribution in [0.15, 0.2) is 29.4 Å². The molecule has 2 aromatic rings. The van der Waals surface area contributed by atoms with Gasteiger partial charge in [0.2, 0.25) is 11.8 Å². The van der Waals surface area contributed by atoms with Crippen LogP contribution in [0.3, 0.4) is 0 Å². The van der Waals surface area contributed by atoms with Gasteiger partial charge in [-0.3, -0.25) is 9.59 Å². The van der Waals surface area contributed by atoms with Crippen LogP contribution in [-0.4, -0.2) is 32.3 Å². The van der Waals surface area contributed by atoms with E-state index in [4.69, 9.17) is 5.73 Å². The molecule has 0 spiro atoms. The van der Waals surface area contributed by atoms with Crippen molar-refractivity contribution in [2.75, 3.05) is 11.1 Å². The Bertz CT molecular complexity index is 755. The quantitative estimate of drug-likeness (QED) is 0.656. The molecule has 2 amide bonds. The Morgan fingerprint density at radius 1 is 1.23 bits per heavy atom. The second-order valence-corrected chi connectivity index (χ2v) is 7.17. The number of rotatable bonds is 9. The molecular formula is C18H25N5O2S. The molecule has 26 heavy (non-hydrogen) atoms. The Hall–Kier alpha value is -2.35. The summed E-state index contributed by atoms with van der Waals surface area (Å²) in [4.78, 5) is 23.1. The van der Waals surface area contributed by atoms with Gasteiger partial charge < -0.3 is 15.6 Å². The van der Waals surface area contributed by atoms with Crippen molar-refractivity contribution in [3.05, 3.63) is 35.7 Å². The second-order valence-electron chi connectivity index (χ2n) is 6.22. The zero-order valence-electron chi connectivity index (χ0n) is 15.4. The van der Waals surface area contributed by atoms with Crippen LogP contribution in [0.4, 0.5) is 5.69 Å². The Morgan fingerprint density at radius 2 is 1.92 bits per heavy atom. The highest BCUT2D eigenvalue weighted by molar-refractivity contribution is 7.99. The Morgan fingerprint density at radius 3 is 2.50 bits per heavy atom. The van der Waals surface area contributed by atoms with Gasteiger partial charge in [0.1, 0.15) is 5.82 Å². The predicted molar refractivity (Wildman–Crippen MR) is 103 cm³/mol. The van der Waals surface area contributed by atoms with E-state index in [0.717, 1.165) is 5.69 Å². The van der Waals surface area contributed by atoms with Gasteiger partial charge in [-0.25, -0.2) is 0 Å². The number of amides is 2. The second kappa shape index (κ2) is 9.38. The van der Waals surface area contributed by atoms with Gasteiger partial charge in [0.15, 0.2) is 5.16 Å². The SMILES string of the molecule is CCn1c(CCC(N)=O)nnc1SCC(=O)Nc1ccc(C(C)C)cc1. The summed E-state index contributed by atoms with van der Waals surface area (Å²) in [6.45, 7) is 6.90. The summed E-state index contributed by atoms with van der Waals surface area (Å²) < 4.78 is 1.90. The first kappa shape index (κ1) is 20.0. The smallest absolute Gasteiger partial charge is 0.234 e. The molecule has 0 atom stereocenters. The van der Waals surface area contributed by atoms with Gasteiger partial charge in [-0.2, -0.15) is 0 Å². The molecule has 0 saturated heterocycles. The van der Waals surface area contributed by atoms with Gasteiger partial charge in [0, 0.05) is 25.1 Å². The lowest BCUT2D eigenvalue weighted by molar-refractivity contribution is -0.118. The summed E-state index contributed by atoms with van der Waals surface area (Å²) in [6.07, 6.45) is 0.681. The maximum Gasteiger partial charge on any atom is 0.234 e. The van der Waals surface area contributed by atoms with Crippen LogP contribution in [0.2, 0.25) is 0 Å². The third-order valence-electron chi connectivity index (χ3n) is 3.90. The number of benzene rings is 1. The molecule has 0 radical (unpaired) electrons. The van der Waals surface area contributed by atoms with E-state index in [0.29, 0.717) is 29.9 Å². The highest BCUT2D eigenvalue weighted by Crippen LogP contribution is 2.20. The summed E-state index contributed by atoms with van der Waals surface area (Å²) in [5.41, 5.74) is 7.19. The fourth-order valence-corrected chi connectivity index (χ4v) is 3.26. The number of hydrogen-bond donors (Lipinski definition) is 2. The van der Waals surface area contributed by atoms with Crippen molar-refractivity contribution in [2.24, 2.45) is 5.73 Å². The van der Waals surface area contributed by atoms with Crippen molar-refractivity contribution in [1.82, 2.24) is 14.8 Å². The molecule has 1 aromatic heterocycles. The first-order valence-electron chi connectivity index (χ1n) is 8.63. The van der Waals surface area contributed by atoms with Gasteiger partial charge in [0.25, 0.3) is 0 Å². The molecule has 140 valence electrons. The van der Waals surface area contributed by atoms with Crippen molar-refractivity contribution in [3.8, 4) is 0 Å². The molecule has 1 aromatic carbocycles. The maximum atomic E-state index is 12.2. The van der Waals surface area contributed by atoms with Crippen LogP contribution < -0.4 is 11.1 Å². The van der Waals surface area contributed by atoms with Crippen LogP contribution in [0.5, 0.6) is 0 Å². The van der Waals surface area contributed by atoms with E-state index in [2.05, 4.69) is 29.4 Å². The third-order valence-corrected chi connectivity index (χ3v) is 4.86. The fraction of sp³-hybridized carbons (Fsp3) is 0.444. The number of anilines is 1. The summed E-state index contributed by atoms with van der Waals surface area (Å²) in [5, 5.41) is 11.8. The zero-order chi connectivity index (χ0) is 19.1. The van der Waals surface area contributed by atoms with Crippen LogP contribution in [0.25, 0.3) is 0 Å². The molecule has 8 heteroatoms. The number of thioether (sulfide) groups is 1. The molecule has 0 fully saturated rings. The monoisotopic (exact) mass is 375 g/mol. The van der Waals surface area contributed by atoms with Crippen LogP contribution in [-0.2, 0) is 22.6 Å². The third kappa shape index (κ3) is 5.59. The first-order valence-corrected chi connectivity index (χ1v) is 9.62. The molecular weight excluding hydrogens is 350 g/mol. The number of aromatic nitrogens is 3. The Labute approximate surface area is 157 Å². The molecule has 0 unspecified atom stereocenters. The highest BCUT2D eigenvalue weighted by Gasteiger charge is 2.14. The number of aryl methyl sites for hydroxylation is 1. The molecule has 3 N–H and O–H groups in total. The minimum Gasteiger partial charge on any atom is -0.370 e. The van der Waals surface area contributed by atoms with Gasteiger partial charge in [-0.15, -0.1) is 10.2 Å². The molecule has 0 saturated carbocycles. The van der Waals surface area contributed by atoms with Crippen LogP contribution in [0, 0.1) is 0 Å². The van der Waals surface area contributed by atoms with E-state index in [9.17, 15) is 9.59 Å². The molecule has 0 aliphatic heterocycles. The van der Waals surface area contributed by atoms with Crippen LogP contribution >= 0.6 is 11.8 Å². The molecule has 0 aliphatic carbocycles. The Kier molecular flexibility index (Phi) is 7.20. The number of hydrogen-bond acceptors (Lipinski definition) is 5. The van der Waals surface area contributed by atoms with Crippen molar-refractivity contribution < 1.29 is 9.59 Å². The van der Waals surface area contributed by atoms with E-state index in [1.165, 1.54) is 17.3 Å². The summed E-state index contributed by atoms with van der Waals surface area (Å²) >= 11 is 1.32. The summed E-state index contributed by atoms with van der Waals surface area (Å²) in [7, 11) is 0. The average Bonchev–Trinajstić information content (AvgIpc) is 3.00. The molecule has 1 heterocycles. The number of carbonyl (C=O) groups is 2. The van der Waals surface area contributed by atoms with Crippen LogP contribution in [0.1, 0.15) is 44.5 Å². The van der Waals surface area contributed by atoms with Gasteiger partial charge in [-0.05, 0) is 30.5 Å². The average molecular weight is 375 g/mol. The van der Waals surface area contributed by atoms with E-state index in [-0.39, 0.29) is 24.0 Å².